The highest BCUT2D eigenvalue weighted by Crippen LogP contribution is 2.42. The quantitative estimate of drug-likeness (QED) is 0.322. The number of aliphatic imine (C=N–C) groups is 1. The number of nitrogens with one attached hydrogen (secondary N) is 1. The number of hydrogen-bond donors (Lipinski definition) is 2. The fourth-order valence-electron chi connectivity index (χ4n) is 3.85. The number of nitrogens with zero attached hydrogens (tertiary/aromatic N) is 2. The summed E-state index contributed by atoms with van der Waals surface area (Å²) in [4.78, 5) is 7.14. The van der Waals surface area contributed by atoms with Gasteiger partial charge in [0.05, 0.1) is 19.3 Å². The molecule has 1 heterocycles. The largest absolute Gasteiger partial charge is 0.389 e. The van der Waals surface area contributed by atoms with E-state index in [1.165, 1.54) is 50.7 Å². The predicted molar refractivity (Wildman–Crippen MR) is 121 cm³/mol. The molecule has 1 aliphatic heterocycles. The summed E-state index contributed by atoms with van der Waals surface area (Å²) in [6, 6.07) is 0. The second-order valence-corrected chi connectivity index (χ2v) is 9.41. The molecule has 1 saturated heterocycles. The molecule has 2 N–H and O–H groups in total. The van der Waals surface area contributed by atoms with Gasteiger partial charge in [0.25, 0.3) is 0 Å². The van der Waals surface area contributed by atoms with Gasteiger partial charge in [-0.05, 0) is 38.5 Å². The van der Waals surface area contributed by atoms with E-state index < -0.39 is 6.10 Å². The Morgan fingerprint density at radius 2 is 2.12 bits per heavy atom. The summed E-state index contributed by atoms with van der Waals surface area (Å²) in [5.74, 6) is 2.89. The summed E-state index contributed by atoms with van der Waals surface area (Å²) in [6.45, 7) is 6.74. The minimum absolute atomic E-state index is 0. The molecule has 1 atom stereocenters. The number of thioether (sulfide) groups is 1. The van der Waals surface area contributed by atoms with Crippen LogP contribution in [0.25, 0.3) is 0 Å². The maximum atomic E-state index is 10.2. The first-order valence-corrected chi connectivity index (χ1v) is 11.1. The zero-order valence-electron chi connectivity index (χ0n) is 16.1. The molecule has 0 radical (unpaired) electrons. The van der Waals surface area contributed by atoms with Crippen molar-refractivity contribution in [1.29, 1.82) is 0 Å². The van der Waals surface area contributed by atoms with Gasteiger partial charge < -0.3 is 20.1 Å². The first kappa shape index (κ1) is 22.6. The number of rotatable bonds is 7. The first-order chi connectivity index (χ1) is 12.2. The molecule has 152 valence electrons. The maximum Gasteiger partial charge on any atom is 0.194 e. The van der Waals surface area contributed by atoms with E-state index in [1.54, 1.807) is 0 Å². The van der Waals surface area contributed by atoms with Gasteiger partial charge in [-0.25, -0.2) is 0 Å². The lowest BCUT2D eigenvalue weighted by Crippen LogP contribution is -2.53. The fraction of sp³-hybridized carbons (Fsp3) is 0.947. The highest BCUT2D eigenvalue weighted by Gasteiger charge is 2.38. The summed E-state index contributed by atoms with van der Waals surface area (Å²) < 4.78 is 6.02. The number of ether oxygens (including phenoxy) is 1. The van der Waals surface area contributed by atoms with Gasteiger partial charge in [-0.15, -0.1) is 24.0 Å². The molecule has 0 aromatic rings. The van der Waals surface area contributed by atoms with Crippen LogP contribution in [0.15, 0.2) is 4.99 Å². The molecule has 1 spiro atoms. The minimum Gasteiger partial charge on any atom is -0.389 e. The highest BCUT2D eigenvalue weighted by atomic mass is 127. The summed E-state index contributed by atoms with van der Waals surface area (Å²) >= 11 is 2.18. The first-order valence-electron chi connectivity index (χ1n) is 10.1. The van der Waals surface area contributed by atoms with Crippen molar-refractivity contribution in [1.82, 2.24) is 10.2 Å². The van der Waals surface area contributed by atoms with Crippen molar-refractivity contribution in [2.75, 3.05) is 45.1 Å². The summed E-state index contributed by atoms with van der Waals surface area (Å²) in [6.07, 6.45) is 8.87. The van der Waals surface area contributed by atoms with E-state index in [1.807, 2.05) is 0 Å². The molecule has 2 aliphatic carbocycles. The number of aliphatic hydroxyl groups is 1. The lowest BCUT2D eigenvalue weighted by molar-refractivity contribution is 0.0367. The van der Waals surface area contributed by atoms with E-state index in [4.69, 9.17) is 9.73 Å². The molecular formula is C19H36IN3O2S. The van der Waals surface area contributed by atoms with Crippen LogP contribution in [0.3, 0.4) is 0 Å². The Labute approximate surface area is 180 Å². The van der Waals surface area contributed by atoms with Crippen molar-refractivity contribution in [3.63, 3.8) is 0 Å². The van der Waals surface area contributed by atoms with Gasteiger partial charge in [-0.2, -0.15) is 11.8 Å². The molecule has 3 aliphatic rings. The molecule has 26 heavy (non-hydrogen) atoms. The van der Waals surface area contributed by atoms with E-state index in [9.17, 15) is 5.11 Å². The minimum atomic E-state index is -0.504. The Balaban J connectivity index is 0.00000243. The number of hydrogen-bond acceptors (Lipinski definition) is 4. The zero-order chi connectivity index (χ0) is 17.5. The standard InChI is InChI=1S/C19H35N3O2S.HI/c1-2-20-18(21-12-17(23)14-24-13-16-6-7-16)22-10-11-25-19(15-22)8-4-3-5-9-19;/h16-17,23H,2-15H2,1H3,(H,20,21);1H. The van der Waals surface area contributed by atoms with E-state index >= 15 is 0 Å². The number of aliphatic hydroxyl groups excluding tert-OH is 1. The Morgan fingerprint density at radius 3 is 2.81 bits per heavy atom. The van der Waals surface area contributed by atoms with Crippen LogP contribution in [0, 0.1) is 5.92 Å². The Bertz CT molecular complexity index is 437. The van der Waals surface area contributed by atoms with Crippen molar-refractivity contribution in [2.45, 2.75) is 62.7 Å². The Kier molecular flexibility index (Phi) is 9.82. The molecule has 2 saturated carbocycles. The molecule has 0 bridgehead atoms. The van der Waals surface area contributed by atoms with Gasteiger partial charge >= 0.3 is 0 Å². The fourth-order valence-corrected chi connectivity index (χ4v) is 5.42. The predicted octanol–water partition coefficient (Wildman–Crippen LogP) is 3.11. The molecule has 0 aromatic carbocycles. The van der Waals surface area contributed by atoms with Gasteiger partial charge in [-0.3, -0.25) is 4.99 Å². The monoisotopic (exact) mass is 497 g/mol. The van der Waals surface area contributed by atoms with Crippen molar-refractivity contribution in [3.05, 3.63) is 0 Å². The van der Waals surface area contributed by atoms with E-state index in [-0.39, 0.29) is 24.0 Å². The van der Waals surface area contributed by atoms with Crippen LogP contribution in [-0.2, 0) is 4.74 Å². The third-order valence-corrected chi connectivity index (χ3v) is 7.00. The van der Waals surface area contributed by atoms with E-state index in [0.717, 1.165) is 38.1 Å². The van der Waals surface area contributed by atoms with Crippen LogP contribution < -0.4 is 5.32 Å². The van der Waals surface area contributed by atoms with E-state index in [0.29, 0.717) is 17.9 Å². The van der Waals surface area contributed by atoms with Gasteiger partial charge in [0.15, 0.2) is 5.96 Å². The molecule has 0 amide bonds. The van der Waals surface area contributed by atoms with Crippen LogP contribution in [-0.4, -0.2) is 72.0 Å². The summed E-state index contributed by atoms with van der Waals surface area (Å²) in [5.41, 5.74) is 0. The molecule has 5 nitrogen and oxygen atoms in total. The lowest BCUT2D eigenvalue weighted by atomic mass is 9.87. The maximum absolute atomic E-state index is 10.2. The van der Waals surface area contributed by atoms with E-state index in [2.05, 4.69) is 28.9 Å². The average molecular weight is 497 g/mol. The molecule has 0 aromatic heterocycles. The van der Waals surface area contributed by atoms with Crippen molar-refractivity contribution >= 4 is 41.7 Å². The highest BCUT2D eigenvalue weighted by molar-refractivity contribution is 14.0. The van der Waals surface area contributed by atoms with Gasteiger partial charge in [0.2, 0.25) is 0 Å². The van der Waals surface area contributed by atoms with Gasteiger partial charge in [0, 0.05) is 36.7 Å². The van der Waals surface area contributed by atoms with Gasteiger partial charge in [0.1, 0.15) is 0 Å². The zero-order valence-corrected chi connectivity index (χ0v) is 19.3. The second-order valence-electron chi connectivity index (χ2n) is 7.84. The van der Waals surface area contributed by atoms with Crippen LogP contribution >= 0.6 is 35.7 Å². The Morgan fingerprint density at radius 1 is 1.35 bits per heavy atom. The molecule has 3 fully saturated rings. The summed E-state index contributed by atoms with van der Waals surface area (Å²) in [5, 5.41) is 13.6. The topological polar surface area (TPSA) is 57.1 Å². The smallest absolute Gasteiger partial charge is 0.194 e. The average Bonchev–Trinajstić information content (AvgIpc) is 3.43. The number of halogens is 1. The second kappa shape index (κ2) is 11.3. The van der Waals surface area contributed by atoms with Crippen molar-refractivity contribution in [3.8, 4) is 0 Å². The van der Waals surface area contributed by atoms with Gasteiger partial charge in [-0.1, -0.05) is 19.3 Å². The third kappa shape index (κ3) is 7.02. The van der Waals surface area contributed by atoms with Crippen LogP contribution in [0.4, 0.5) is 0 Å². The normalized spacial score (nSPS) is 24.2. The van der Waals surface area contributed by atoms with Crippen LogP contribution in [0.2, 0.25) is 0 Å². The third-order valence-electron chi connectivity index (χ3n) is 5.46. The Hall–Kier alpha value is 0.270. The lowest BCUT2D eigenvalue weighted by Gasteiger charge is -2.45. The molecule has 1 unspecified atom stereocenters. The molecule has 3 rings (SSSR count). The SMILES string of the molecule is CCNC(=NCC(O)COCC1CC1)N1CCSC2(CCCCC2)C1.I. The molecule has 7 heteroatoms. The van der Waals surface area contributed by atoms with Crippen LogP contribution in [0.1, 0.15) is 51.9 Å². The van der Waals surface area contributed by atoms with Crippen molar-refractivity contribution < 1.29 is 9.84 Å². The van der Waals surface area contributed by atoms with Crippen molar-refractivity contribution in [2.24, 2.45) is 10.9 Å². The van der Waals surface area contributed by atoms with Crippen LogP contribution in [0.5, 0.6) is 0 Å². The summed E-state index contributed by atoms with van der Waals surface area (Å²) in [7, 11) is 0. The number of guanidine groups is 1. The molecular weight excluding hydrogens is 461 g/mol.